The van der Waals surface area contributed by atoms with Crippen molar-refractivity contribution < 1.29 is 14.3 Å². The molecule has 0 atom stereocenters. The van der Waals surface area contributed by atoms with Crippen LogP contribution in [-0.2, 0) is 14.3 Å². The fraction of sp³-hybridized carbons (Fsp3) is 0.857. The largest absolute Gasteiger partial charge is 0.465 e. The van der Waals surface area contributed by atoms with Crippen LogP contribution in [0.25, 0.3) is 0 Å². The molecule has 0 bridgehead atoms. The van der Waals surface area contributed by atoms with Crippen LogP contribution in [-0.4, -0.2) is 43.0 Å². The maximum Gasteiger partial charge on any atom is 0.325 e. The lowest BCUT2D eigenvalue weighted by atomic mass is 10.3. The Bertz CT molecular complexity index is 273. The summed E-state index contributed by atoms with van der Waals surface area (Å²) in [5, 5.41) is 0. The maximum absolute atomic E-state index is 11.4. The van der Waals surface area contributed by atoms with Crippen LogP contribution in [0, 0.1) is 11.8 Å². The third-order valence-corrected chi connectivity index (χ3v) is 2.33. The van der Waals surface area contributed by atoms with Gasteiger partial charge in [0.05, 0.1) is 13.2 Å². The summed E-state index contributed by atoms with van der Waals surface area (Å²) in [5.74, 6) is 0.838. The van der Waals surface area contributed by atoms with Crippen molar-refractivity contribution in [1.29, 1.82) is 0 Å². The highest BCUT2D eigenvalue weighted by molar-refractivity contribution is 5.83. The van der Waals surface area contributed by atoms with E-state index in [2.05, 4.69) is 20.8 Å². The molecule has 1 aliphatic carbocycles. The summed E-state index contributed by atoms with van der Waals surface area (Å²) in [6.45, 7) is 9.20. The number of carbonyl (C=O) groups excluding carboxylic acids is 2. The average Bonchev–Trinajstić information content (AvgIpc) is 3.10. The van der Waals surface area contributed by atoms with E-state index in [0.29, 0.717) is 19.1 Å². The number of hydrogen-bond donors (Lipinski definition) is 1. The van der Waals surface area contributed by atoms with Gasteiger partial charge in [0.15, 0.2) is 0 Å². The molecule has 0 aromatic rings. The Kier molecular flexibility index (Phi) is 9.21. The zero-order valence-electron chi connectivity index (χ0n) is 12.6. The molecule has 0 aromatic heterocycles. The zero-order chi connectivity index (χ0) is 14.8. The lowest BCUT2D eigenvalue weighted by Gasteiger charge is -2.20. The van der Waals surface area contributed by atoms with E-state index < -0.39 is 0 Å². The molecule has 5 heteroatoms. The number of amides is 1. The molecule has 0 aliphatic heterocycles. The first kappa shape index (κ1) is 17.9. The molecule has 2 N–H and O–H groups in total. The minimum Gasteiger partial charge on any atom is -0.465 e. The van der Waals surface area contributed by atoms with E-state index in [1.165, 1.54) is 4.90 Å². The van der Waals surface area contributed by atoms with Gasteiger partial charge in [0.2, 0.25) is 5.91 Å². The van der Waals surface area contributed by atoms with Gasteiger partial charge in [-0.2, -0.15) is 0 Å². The van der Waals surface area contributed by atoms with Crippen LogP contribution < -0.4 is 5.73 Å². The summed E-state index contributed by atoms with van der Waals surface area (Å²) in [6, 6.07) is 0. The fourth-order valence-corrected chi connectivity index (χ4v) is 1.36. The van der Waals surface area contributed by atoms with Crippen LogP contribution in [0.2, 0.25) is 0 Å². The topological polar surface area (TPSA) is 72.6 Å². The Labute approximate surface area is 116 Å². The molecule has 0 radical (unpaired) electrons. The molecule has 1 amide bonds. The van der Waals surface area contributed by atoms with Gasteiger partial charge in [-0.25, -0.2) is 0 Å². The van der Waals surface area contributed by atoms with Gasteiger partial charge in [0.25, 0.3) is 0 Å². The number of esters is 1. The molecule has 19 heavy (non-hydrogen) atoms. The Morgan fingerprint density at radius 3 is 2.21 bits per heavy atom. The van der Waals surface area contributed by atoms with Gasteiger partial charge in [-0.1, -0.05) is 20.8 Å². The van der Waals surface area contributed by atoms with Gasteiger partial charge in [-0.15, -0.1) is 0 Å². The van der Waals surface area contributed by atoms with Crippen LogP contribution in [0.5, 0.6) is 0 Å². The van der Waals surface area contributed by atoms with E-state index in [0.717, 1.165) is 18.8 Å². The Morgan fingerprint density at radius 2 is 1.84 bits per heavy atom. The fourth-order valence-electron chi connectivity index (χ4n) is 1.36. The first-order chi connectivity index (χ1) is 8.90. The number of carbonyl (C=O) groups is 2. The molecule has 0 spiro atoms. The van der Waals surface area contributed by atoms with E-state index >= 15 is 0 Å². The quantitative estimate of drug-likeness (QED) is 0.742. The highest BCUT2D eigenvalue weighted by atomic mass is 16.5. The highest BCUT2D eigenvalue weighted by Crippen LogP contribution is 2.29. The van der Waals surface area contributed by atoms with E-state index in [1.807, 2.05) is 0 Å². The molecule has 0 aromatic carbocycles. The second-order valence-electron chi connectivity index (χ2n) is 5.46. The van der Waals surface area contributed by atoms with Crippen molar-refractivity contribution in [3.05, 3.63) is 0 Å². The van der Waals surface area contributed by atoms with Gasteiger partial charge in [0, 0.05) is 6.54 Å². The Morgan fingerprint density at radius 1 is 1.32 bits per heavy atom. The zero-order valence-corrected chi connectivity index (χ0v) is 12.6. The van der Waals surface area contributed by atoms with Crippen molar-refractivity contribution in [3.8, 4) is 0 Å². The van der Waals surface area contributed by atoms with Crippen LogP contribution in [0.1, 0.15) is 40.5 Å². The highest BCUT2D eigenvalue weighted by Gasteiger charge is 2.27. The molecule has 1 rings (SSSR count). The van der Waals surface area contributed by atoms with Gasteiger partial charge in [-0.05, 0) is 31.6 Å². The second kappa shape index (κ2) is 9.78. The lowest BCUT2D eigenvalue weighted by Crippen LogP contribution is -2.41. The summed E-state index contributed by atoms with van der Waals surface area (Å²) in [5.41, 5.74) is 5.28. The number of ether oxygens (including phenoxy) is 1. The Balaban J connectivity index is 0.000000711. The third-order valence-electron chi connectivity index (χ3n) is 2.33. The molecule has 5 nitrogen and oxygen atoms in total. The maximum atomic E-state index is 11.4. The van der Waals surface area contributed by atoms with Crippen molar-refractivity contribution in [2.75, 3.05) is 26.2 Å². The molecule has 112 valence electrons. The van der Waals surface area contributed by atoms with Gasteiger partial charge in [0.1, 0.15) is 6.54 Å². The normalized spacial score (nSPS) is 13.6. The molecule has 0 unspecified atom stereocenters. The number of nitrogens with zero attached hydrogens (tertiary/aromatic N) is 1. The van der Waals surface area contributed by atoms with Crippen LogP contribution >= 0.6 is 0 Å². The van der Waals surface area contributed by atoms with Crippen molar-refractivity contribution in [2.45, 2.75) is 40.5 Å². The number of hydrogen-bond acceptors (Lipinski definition) is 4. The van der Waals surface area contributed by atoms with E-state index in [1.54, 1.807) is 6.92 Å². The molecule has 1 aliphatic rings. The first-order valence-corrected chi connectivity index (χ1v) is 7.04. The van der Waals surface area contributed by atoms with Gasteiger partial charge >= 0.3 is 5.97 Å². The van der Waals surface area contributed by atoms with E-state index in [9.17, 15) is 9.59 Å². The van der Waals surface area contributed by atoms with E-state index in [4.69, 9.17) is 10.5 Å². The van der Waals surface area contributed by atoms with Crippen molar-refractivity contribution >= 4 is 11.9 Å². The van der Waals surface area contributed by atoms with Gasteiger partial charge in [-0.3, -0.25) is 9.59 Å². The lowest BCUT2D eigenvalue weighted by molar-refractivity contribution is -0.148. The number of nitrogens with two attached hydrogens (primary N) is 1. The van der Waals surface area contributed by atoms with Crippen molar-refractivity contribution in [2.24, 2.45) is 17.6 Å². The summed E-state index contributed by atoms with van der Waals surface area (Å²) < 4.78 is 4.80. The summed E-state index contributed by atoms with van der Waals surface area (Å²) in [6.07, 6.45) is 2.27. The van der Waals surface area contributed by atoms with E-state index in [-0.39, 0.29) is 25.0 Å². The second-order valence-corrected chi connectivity index (χ2v) is 5.46. The predicted molar refractivity (Wildman–Crippen MR) is 75.5 cm³/mol. The minimum atomic E-state index is -0.361. The molecule has 0 heterocycles. The van der Waals surface area contributed by atoms with Crippen molar-refractivity contribution in [3.63, 3.8) is 0 Å². The summed E-state index contributed by atoms with van der Waals surface area (Å²) in [4.78, 5) is 24.1. The summed E-state index contributed by atoms with van der Waals surface area (Å²) >= 11 is 0. The number of rotatable bonds is 6. The molecule has 1 fully saturated rings. The van der Waals surface area contributed by atoms with Crippen LogP contribution in [0.4, 0.5) is 0 Å². The molecular weight excluding hydrogens is 244 g/mol. The smallest absolute Gasteiger partial charge is 0.325 e. The van der Waals surface area contributed by atoms with Crippen molar-refractivity contribution in [1.82, 2.24) is 4.90 Å². The van der Waals surface area contributed by atoms with Gasteiger partial charge < -0.3 is 15.4 Å². The molecule has 1 saturated carbocycles. The first-order valence-electron chi connectivity index (χ1n) is 7.04. The minimum absolute atomic E-state index is 0.0281. The molecule has 0 saturated heterocycles. The predicted octanol–water partition coefficient (Wildman–Crippen LogP) is 1.41. The van der Waals surface area contributed by atoms with Crippen LogP contribution in [0.15, 0.2) is 0 Å². The monoisotopic (exact) mass is 272 g/mol. The average molecular weight is 272 g/mol. The summed E-state index contributed by atoms with van der Waals surface area (Å²) in [7, 11) is 0. The Hall–Kier alpha value is -1.10. The van der Waals surface area contributed by atoms with Crippen LogP contribution in [0.3, 0.4) is 0 Å². The molecular formula is C14H28N2O3. The third kappa shape index (κ3) is 10.5. The SMILES string of the molecule is CC(C)C.CCOC(=O)CN(CC1CC1)C(=O)CN. The standard InChI is InChI=1S/C10H18N2O3.C4H10/c1-2-15-10(14)7-12(9(13)5-11)6-8-3-4-8;1-4(2)3/h8H,2-7,11H2,1H3;4H,1-3H3.